The number of hydrogen-bond acceptors (Lipinski definition) is 1. The molecule has 0 aromatic heterocycles. The number of alkyl halides is 3. The summed E-state index contributed by atoms with van der Waals surface area (Å²) >= 11 is 0. The highest BCUT2D eigenvalue weighted by atomic mass is 19.4. The van der Waals surface area contributed by atoms with E-state index in [-0.39, 0.29) is 12.0 Å². The molecule has 0 saturated heterocycles. The maximum Gasteiger partial charge on any atom is 0.395 e. The van der Waals surface area contributed by atoms with Gasteiger partial charge >= 0.3 is 6.18 Å². The van der Waals surface area contributed by atoms with Gasteiger partial charge in [-0.05, 0) is 12.0 Å². The van der Waals surface area contributed by atoms with Gasteiger partial charge in [0.2, 0.25) is 0 Å². The van der Waals surface area contributed by atoms with E-state index in [0.717, 1.165) is 0 Å². The van der Waals surface area contributed by atoms with E-state index in [1.807, 2.05) is 0 Å². The van der Waals surface area contributed by atoms with Crippen LogP contribution < -0.4 is 0 Å². The molecule has 1 rings (SSSR count). The minimum atomic E-state index is -4.29. The molecule has 0 spiro atoms. The van der Waals surface area contributed by atoms with E-state index in [1.54, 1.807) is 18.2 Å². The molecule has 1 N–H and O–H groups in total. The fraction of sp³-hybridized carbons (Fsp3) is 0.400. The molecule has 0 aliphatic heterocycles. The van der Waals surface area contributed by atoms with Gasteiger partial charge in [-0.2, -0.15) is 13.2 Å². The van der Waals surface area contributed by atoms with E-state index >= 15 is 0 Å². The lowest BCUT2D eigenvalue weighted by Gasteiger charge is -2.19. The van der Waals surface area contributed by atoms with Crippen molar-refractivity contribution >= 4 is 0 Å². The smallest absolute Gasteiger partial charge is 0.395 e. The first-order valence-corrected chi connectivity index (χ1v) is 4.28. The predicted molar refractivity (Wildman–Crippen MR) is 46.9 cm³/mol. The normalized spacial score (nSPS) is 14.0. The highest BCUT2D eigenvalue weighted by molar-refractivity contribution is 5.20. The van der Waals surface area contributed by atoms with Gasteiger partial charge in [0.1, 0.15) is 0 Å². The summed E-state index contributed by atoms with van der Waals surface area (Å²) in [6, 6.07) is 7.63. The lowest BCUT2D eigenvalue weighted by molar-refractivity contribution is -0.153. The van der Waals surface area contributed by atoms with Crippen molar-refractivity contribution in [2.75, 3.05) is 6.61 Å². The monoisotopic (exact) mass is 204 g/mol. The predicted octanol–water partition coefficient (Wildman–Crippen LogP) is 2.71. The molecule has 0 radical (unpaired) electrons. The quantitative estimate of drug-likeness (QED) is 0.802. The number of hydrogen-bond donors (Lipinski definition) is 1. The number of aliphatic hydroxyl groups is 1. The van der Waals surface area contributed by atoms with E-state index in [4.69, 9.17) is 5.11 Å². The molecule has 1 aromatic rings. The summed E-state index contributed by atoms with van der Waals surface area (Å²) in [4.78, 5) is 0. The van der Waals surface area contributed by atoms with Crippen LogP contribution in [0.4, 0.5) is 13.2 Å². The number of aliphatic hydroxyl groups excluding tert-OH is 1. The Morgan fingerprint density at radius 2 is 1.71 bits per heavy atom. The summed E-state index contributed by atoms with van der Waals surface area (Å²) in [6.45, 7) is -0.459. The second kappa shape index (κ2) is 4.46. The Labute approximate surface area is 80.2 Å². The fourth-order valence-electron chi connectivity index (χ4n) is 1.33. The average Bonchev–Trinajstić information content (AvgIpc) is 2.14. The SMILES string of the molecule is OCCC(c1ccccc1)C(F)(F)F. The van der Waals surface area contributed by atoms with Crippen LogP contribution in [0, 0.1) is 0 Å². The molecule has 0 amide bonds. The van der Waals surface area contributed by atoms with E-state index in [2.05, 4.69) is 0 Å². The van der Waals surface area contributed by atoms with Crippen LogP contribution in [0.25, 0.3) is 0 Å². The standard InChI is InChI=1S/C10H11F3O/c11-10(12,13)9(6-7-14)8-4-2-1-3-5-8/h1-5,9,14H,6-7H2. The summed E-state index contributed by atoms with van der Waals surface area (Å²) in [7, 11) is 0. The van der Waals surface area contributed by atoms with Crippen molar-refractivity contribution in [3.05, 3.63) is 35.9 Å². The molecular weight excluding hydrogens is 193 g/mol. The molecule has 0 saturated carbocycles. The molecule has 1 unspecified atom stereocenters. The first kappa shape index (κ1) is 11.0. The minimum Gasteiger partial charge on any atom is -0.396 e. The van der Waals surface area contributed by atoms with E-state index in [9.17, 15) is 13.2 Å². The van der Waals surface area contributed by atoms with Crippen molar-refractivity contribution in [1.82, 2.24) is 0 Å². The Balaban J connectivity index is 2.89. The zero-order valence-corrected chi connectivity index (χ0v) is 7.46. The second-order valence-corrected chi connectivity index (χ2v) is 3.02. The van der Waals surface area contributed by atoms with Crippen molar-refractivity contribution in [3.8, 4) is 0 Å². The minimum absolute atomic E-state index is 0.203. The maximum absolute atomic E-state index is 12.5. The van der Waals surface area contributed by atoms with Crippen LogP contribution in [0.3, 0.4) is 0 Å². The third-order valence-electron chi connectivity index (χ3n) is 2.01. The fourth-order valence-corrected chi connectivity index (χ4v) is 1.33. The first-order valence-electron chi connectivity index (χ1n) is 4.28. The highest BCUT2D eigenvalue weighted by Crippen LogP contribution is 2.36. The summed E-state index contributed by atoms with van der Waals surface area (Å²) in [5.74, 6) is -1.56. The maximum atomic E-state index is 12.5. The topological polar surface area (TPSA) is 20.2 Å². The lowest BCUT2D eigenvalue weighted by atomic mass is 9.96. The Morgan fingerprint density at radius 1 is 1.14 bits per heavy atom. The van der Waals surface area contributed by atoms with Crippen molar-refractivity contribution in [2.45, 2.75) is 18.5 Å². The van der Waals surface area contributed by atoms with Crippen molar-refractivity contribution in [1.29, 1.82) is 0 Å². The molecule has 0 aliphatic rings. The van der Waals surface area contributed by atoms with Gasteiger partial charge in [-0.3, -0.25) is 0 Å². The molecule has 0 aliphatic carbocycles. The molecule has 0 heterocycles. The third-order valence-corrected chi connectivity index (χ3v) is 2.01. The lowest BCUT2D eigenvalue weighted by Crippen LogP contribution is -2.21. The zero-order chi connectivity index (χ0) is 10.6. The van der Waals surface area contributed by atoms with Crippen LogP contribution in [0.15, 0.2) is 30.3 Å². The molecule has 78 valence electrons. The Morgan fingerprint density at radius 3 is 2.14 bits per heavy atom. The van der Waals surface area contributed by atoms with E-state index in [0.29, 0.717) is 0 Å². The van der Waals surface area contributed by atoms with E-state index in [1.165, 1.54) is 12.1 Å². The van der Waals surface area contributed by atoms with Gasteiger partial charge < -0.3 is 5.11 Å². The summed E-state index contributed by atoms with van der Waals surface area (Å²) in [6.07, 6.45) is -4.57. The van der Waals surface area contributed by atoms with Gasteiger partial charge in [-0.25, -0.2) is 0 Å². The largest absolute Gasteiger partial charge is 0.396 e. The number of halogens is 3. The summed E-state index contributed by atoms with van der Waals surface area (Å²) < 4.78 is 37.4. The Hall–Kier alpha value is -1.03. The number of benzene rings is 1. The van der Waals surface area contributed by atoms with Crippen molar-refractivity contribution in [3.63, 3.8) is 0 Å². The molecular formula is C10H11F3O. The molecule has 1 atom stereocenters. The molecule has 0 bridgehead atoms. The summed E-state index contributed by atoms with van der Waals surface area (Å²) in [5.41, 5.74) is 0.203. The van der Waals surface area contributed by atoms with Crippen molar-refractivity contribution < 1.29 is 18.3 Å². The molecule has 0 fully saturated rings. The van der Waals surface area contributed by atoms with Crippen LogP contribution in [-0.4, -0.2) is 17.9 Å². The number of rotatable bonds is 3. The van der Waals surface area contributed by atoms with E-state index < -0.39 is 18.7 Å². The van der Waals surface area contributed by atoms with Gasteiger partial charge in [0.15, 0.2) is 0 Å². The second-order valence-electron chi connectivity index (χ2n) is 3.02. The van der Waals surface area contributed by atoms with Crippen LogP contribution >= 0.6 is 0 Å². The van der Waals surface area contributed by atoms with Crippen molar-refractivity contribution in [2.24, 2.45) is 0 Å². The summed E-state index contributed by atoms with van der Waals surface area (Å²) in [5, 5.41) is 8.56. The molecule has 14 heavy (non-hydrogen) atoms. The molecule has 4 heteroatoms. The third kappa shape index (κ3) is 2.73. The Bertz CT molecular complexity index is 268. The zero-order valence-electron chi connectivity index (χ0n) is 7.46. The van der Waals surface area contributed by atoms with Gasteiger partial charge in [0, 0.05) is 6.61 Å². The van der Waals surface area contributed by atoms with Crippen LogP contribution in [0.2, 0.25) is 0 Å². The van der Waals surface area contributed by atoms with Gasteiger partial charge in [0.25, 0.3) is 0 Å². The van der Waals surface area contributed by atoms with Crippen LogP contribution in [0.1, 0.15) is 17.9 Å². The van der Waals surface area contributed by atoms with Gasteiger partial charge in [-0.1, -0.05) is 30.3 Å². The van der Waals surface area contributed by atoms with Gasteiger partial charge in [0.05, 0.1) is 5.92 Å². The highest BCUT2D eigenvalue weighted by Gasteiger charge is 2.39. The van der Waals surface area contributed by atoms with Crippen LogP contribution in [0.5, 0.6) is 0 Å². The molecule has 1 nitrogen and oxygen atoms in total. The Kier molecular flexibility index (Phi) is 3.52. The van der Waals surface area contributed by atoms with Crippen LogP contribution in [-0.2, 0) is 0 Å². The molecule has 1 aromatic carbocycles. The van der Waals surface area contributed by atoms with Gasteiger partial charge in [-0.15, -0.1) is 0 Å². The first-order chi connectivity index (χ1) is 6.55. The average molecular weight is 204 g/mol.